The Hall–Kier alpha value is -1.94. The number of hydrogen-bond donors (Lipinski definition) is 2. The molecule has 0 aromatic heterocycles. The molecule has 0 unspecified atom stereocenters. The number of phenolic OH excluding ortho intramolecular Hbond substituents is 1. The fourth-order valence-corrected chi connectivity index (χ4v) is 1.67. The molecule has 0 amide bonds. The SMILES string of the molecule is OCc1ccccc1-c1ccc(O)c(F)c1F. The maximum Gasteiger partial charge on any atom is 0.200 e. The highest BCUT2D eigenvalue weighted by molar-refractivity contribution is 5.68. The Labute approximate surface area is 96.8 Å². The van der Waals surface area contributed by atoms with Crippen molar-refractivity contribution in [3.8, 4) is 16.9 Å². The van der Waals surface area contributed by atoms with Crippen LogP contribution in [0.25, 0.3) is 11.1 Å². The molecule has 0 atom stereocenters. The Bertz CT molecular complexity index is 553. The second-order valence-electron chi connectivity index (χ2n) is 3.58. The molecule has 2 nitrogen and oxygen atoms in total. The van der Waals surface area contributed by atoms with Crippen LogP contribution in [-0.4, -0.2) is 10.2 Å². The number of aromatic hydroxyl groups is 1. The first-order valence-corrected chi connectivity index (χ1v) is 5.01. The minimum Gasteiger partial charge on any atom is -0.505 e. The van der Waals surface area contributed by atoms with Gasteiger partial charge in [-0.25, -0.2) is 4.39 Å². The van der Waals surface area contributed by atoms with E-state index in [1.54, 1.807) is 24.3 Å². The minimum absolute atomic E-state index is 0.0185. The normalized spacial score (nSPS) is 10.5. The van der Waals surface area contributed by atoms with Crippen molar-refractivity contribution in [2.45, 2.75) is 6.61 Å². The summed E-state index contributed by atoms with van der Waals surface area (Å²) in [7, 11) is 0. The van der Waals surface area contributed by atoms with Crippen LogP contribution in [0.15, 0.2) is 36.4 Å². The molecule has 0 aliphatic rings. The maximum atomic E-state index is 13.6. The molecule has 2 aromatic rings. The first kappa shape index (κ1) is 11.5. The highest BCUT2D eigenvalue weighted by Crippen LogP contribution is 2.31. The molecule has 0 radical (unpaired) electrons. The molecule has 0 aliphatic heterocycles. The topological polar surface area (TPSA) is 40.5 Å². The number of benzene rings is 2. The molecule has 4 heteroatoms. The third kappa shape index (κ3) is 1.99. The predicted octanol–water partition coefficient (Wildman–Crippen LogP) is 2.83. The van der Waals surface area contributed by atoms with E-state index in [4.69, 9.17) is 10.2 Å². The molecular weight excluding hydrogens is 226 g/mol. The number of aliphatic hydroxyl groups excluding tert-OH is 1. The van der Waals surface area contributed by atoms with Gasteiger partial charge in [0.2, 0.25) is 5.82 Å². The molecule has 0 spiro atoms. The van der Waals surface area contributed by atoms with Crippen molar-refractivity contribution in [1.82, 2.24) is 0 Å². The summed E-state index contributed by atoms with van der Waals surface area (Å²) in [6.07, 6.45) is 0. The first-order valence-electron chi connectivity index (χ1n) is 5.01. The van der Waals surface area contributed by atoms with Crippen molar-refractivity contribution in [2.75, 3.05) is 0 Å². The summed E-state index contributed by atoms with van der Waals surface area (Å²) < 4.78 is 26.9. The fraction of sp³-hybridized carbons (Fsp3) is 0.0769. The number of hydrogen-bond acceptors (Lipinski definition) is 2. The van der Waals surface area contributed by atoms with Gasteiger partial charge in [-0.15, -0.1) is 0 Å². The lowest BCUT2D eigenvalue weighted by Gasteiger charge is -2.09. The summed E-state index contributed by atoms with van der Waals surface area (Å²) in [5.74, 6) is -3.13. The maximum absolute atomic E-state index is 13.6. The summed E-state index contributed by atoms with van der Waals surface area (Å²) in [5.41, 5.74) is 0.924. The largest absolute Gasteiger partial charge is 0.505 e. The molecule has 2 aromatic carbocycles. The van der Waals surface area contributed by atoms with E-state index in [0.717, 1.165) is 6.07 Å². The Kier molecular flexibility index (Phi) is 3.06. The van der Waals surface area contributed by atoms with Crippen molar-refractivity contribution in [1.29, 1.82) is 0 Å². The third-order valence-corrected chi connectivity index (χ3v) is 2.54. The van der Waals surface area contributed by atoms with E-state index in [1.165, 1.54) is 6.07 Å². The van der Waals surface area contributed by atoms with Crippen LogP contribution in [0.2, 0.25) is 0 Å². The second-order valence-corrected chi connectivity index (χ2v) is 3.58. The van der Waals surface area contributed by atoms with Crippen LogP contribution >= 0.6 is 0 Å². The van der Waals surface area contributed by atoms with Crippen LogP contribution in [0.5, 0.6) is 5.75 Å². The van der Waals surface area contributed by atoms with Gasteiger partial charge in [-0.2, -0.15) is 4.39 Å². The third-order valence-electron chi connectivity index (χ3n) is 2.54. The van der Waals surface area contributed by atoms with Crippen LogP contribution in [-0.2, 0) is 6.61 Å². The Morgan fingerprint density at radius 2 is 1.59 bits per heavy atom. The summed E-state index contributed by atoms with van der Waals surface area (Å²) in [6, 6.07) is 8.94. The van der Waals surface area contributed by atoms with E-state index in [0.29, 0.717) is 11.1 Å². The number of phenols is 1. The molecule has 0 saturated heterocycles. The van der Waals surface area contributed by atoms with Crippen molar-refractivity contribution in [2.24, 2.45) is 0 Å². The monoisotopic (exact) mass is 236 g/mol. The van der Waals surface area contributed by atoms with E-state index >= 15 is 0 Å². The number of aliphatic hydroxyl groups is 1. The Balaban J connectivity index is 2.65. The van der Waals surface area contributed by atoms with Gasteiger partial charge in [-0.1, -0.05) is 24.3 Å². The number of rotatable bonds is 2. The first-order chi connectivity index (χ1) is 8.15. The van der Waals surface area contributed by atoms with Gasteiger partial charge in [0.25, 0.3) is 0 Å². The molecule has 0 fully saturated rings. The lowest BCUT2D eigenvalue weighted by atomic mass is 9.99. The van der Waals surface area contributed by atoms with Gasteiger partial charge in [0.15, 0.2) is 11.6 Å². The minimum atomic E-state index is -1.28. The quantitative estimate of drug-likeness (QED) is 0.841. The van der Waals surface area contributed by atoms with Gasteiger partial charge in [0.1, 0.15) is 0 Å². The van der Waals surface area contributed by atoms with Crippen LogP contribution in [0, 0.1) is 11.6 Å². The summed E-state index contributed by atoms with van der Waals surface area (Å²) in [6.45, 7) is -0.266. The number of halogens is 2. The van der Waals surface area contributed by atoms with Crippen molar-refractivity contribution < 1.29 is 19.0 Å². The van der Waals surface area contributed by atoms with E-state index in [2.05, 4.69) is 0 Å². The highest BCUT2D eigenvalue weighted by atomic mass is 19.2. The Morgan fingerprint density at radius 3 is 2.29 bits per heavy atom. The van der Waals surface area contributed by atoms with Crippen molar-refractivity contribution in [3.63, 3.8) is 0 Å². The second kappa shape index (κ2) is 4.51. The molecule has 2 rings (SSSR count). The van der Waals surface area contributed by atoms with Crippen molar-refractivity contribution >= 4 is 0 Å². The molecule has 0 aliphatic carbocycles. The fourth-order valence-electron chi connectivity index (χ4n) is 1.67. The zero-order valence-corrected chi connectivity index (χ0v) is 8.82. The zero-order chi connectivity index (χ0) is 12.4. The average molecular weight is 236 g/mol. The average Bonchev–Trinajstić information content (AvgIpc) is 2.36. The van der Waals surface area contributed by atoms with E-state index in [-0.39, 0.29) is 12.2 Å². The van der Waals surface area contributed by atoms with Crippen LogP contribution in [0.3, 0.4) is 0 Å². The van der Waals surface area contributed by atoms with Gasteiger partial charge < -0.3 is 10.2 Å². The van der Waals surface area contributed by atoms with E-state index < -0.39 is 17.4 Å². The summed E-state index contributed by atoms with van der Waals surface area (Å²) in [5, 5.41) is 18.2. The molecule has 0 bridgehead atoms. The van der Waals surface area contributed by atoms with Crippen molar-refractivity contribution in [3.05, 3.63) is 53.6 Å². The van der Waals surface area contributed by atoms with Crippen LogP contribution in [0.1, 0.15) is 5.56 Å². The molecule has 0 heterocycles. The zero-order valence-electron chi connectivity index (χ0n) is 8.82. The summed E-state index contributed by atoms with van der Waals surface area (Å²) >= 11 is 0. The standard InChI is InChI=1S/C13H10F2O2/c14-12-10(5-6-11(17)13(12)15)9-4-2-1-3-8(9)7-16/h1-6,16-17H,7H2. The summed E-state index contributed by atoms with van der Waals surface area (Å²) in [4.78, 5) is 0. The predicted molar refractivity (Wildman–Crippen MR) is 59.4 cm³/mol. The molecular formula is C13H10F2O2. The van der Waals surface area contributed by atoms with E-state index in [9.17, 15) is 8.78 Å². The molecule has 88 valence electrons. The Morgan fingerprint density at radius 1 is 0.882 bits per heavy atom. The van der Waals surface area contributed by atoms with Gasteiger partial charge in [-0.05, 0) is 23.3 Å². The van der Waals surface area contributed by atoms with Crippen LogP contribution < -0.4 is 0 Å². The van der Waals surface area contributed by atoms with E-state index in [1.807, 2.05) is 0 Å². The van der Waals surface area contributed by atoms with Gasteiger partial charge in [0, 0.05) is 5.56 Å². The molecule has 17 heavy (non-hydrogen) atoms. The van der Waals surface area contributed by atoms with Gasteiger partial charge in [0.05, 0.1) is 6.61 Å². The van der Waals surface area contributed by atoms with Gasteiger partial charge in [-0.3, -0.25) is 0 Å². The lowest BCUT2D eigenvalue weighted by Crippen LogP contribution is -1.94. The molecule has 2 N–H and O–H groups in total. The smallest absolute Gasteiger partial charge is 0.200 e. The van der Waals surface area contributed by atoms with Crippen LogP contribution in [0.4, 0.5) is 8.78 Å². The highest BCUT2D eigenvalue weighted by Gasteiger charge is 2.15. The van der Waals surface area contributed by atoms with Gasteiger partial charge >= 0.3 is 0 Å². The lowest BCUT2D eigenvalue weighted by molar-refractivity contribution is 0.282. The molecule has 0 saturated carbocycles.